The molecule has 0 bridgehead atoms. The molecular weight excluding hydrogens is 428 g/mol. The Morgan fingerprint density at radius 1 is 1.15 bits per heavy atom. The fourth-order valence-electron chi connectivity index (χ4n) is 3.75. The maximum absolute atomic E-state index is 12.5. The Bertz CT molecular complexity index is 1250. The molecule has 0 unspecified atom stereocenters. The van der Waals surface area contributed by atoms with Gasteiger partial charge in [-0.1, -0.05) is 0 Å². The molecule has 0 atom stereocenters. The van der Waals surface area contributed by atoms with E-state index in [0.717, 1.165) is 31.5 Å². The lowest BCUT2D eigenvalue weighted by molar-refractivity contribution is -0.384. The highest BCUT2D eigenvalue weighted by atomic mass is 16.6. The largest absolute Gasteiger partial charge is 0.490 e. The van der Waals surface area contributed by atoms with Crippen LogP contribution in [0.25, 0.3) is 11.0 Å². The normalized spacial score (nSPS) is 14.7. The van der Waals surface area contributed by atoms with Crippen molar-refractivity contribution in [3.05, 3.63) is 68.6 Å². The molecule has 1 fully saturated rings. The molecule has 33 heavy (non-hydrogen) atoms. The van der Waals surface area contributed by atoms with Crippen LogP contribution in [0.15, 0.2) is 51.7 Å². The SMILES string of the molecule is Cc1c(OC2CCN(C)CC2)ccc2cc(NC(=O)Nc3ccc([N+](=O)[O-])cc3)c(=O)oc12. The van der Waals surface area contributed by atoms with Gasteiger partial charge in [-0.05, 0) is 57.1 Å². The number of ether oxygens (including phenoxy) is 1. The van der Waals surface area contributed by atoms with E-state index in [0.29, 0.717) is 22.4 Å². The number of amides is 2. The molecule has 0 aliphatic carbocycles. The molecule has 2 N–H and O–H groups in total. The van der Waals surface area contributed by atoms with Crippen LogP contribution in [0.1, 0.15) is 18.4 Å². The van der Waals surface area contributed by atoms with Crippen LogP contribution < -0.4 is 21.0 Å². The smallest absolute Gasteiger partial charge is 0.360 e. The van der Waals surface area contributed by atoms with Crippen molar-refractivity contribution in [3.8, 4) is 5.75 Å². The predicted molar refractivity (Wildman–Crippen MR) is 124 cm³/mol. The molecule has 0 spiro atoms. The number of urea groups is 1. The number of nitro benzene ring substituents is 1. The highest BCUT2D eigenvalue weighted by Crippen LogP contribution is 2.30. The summed E-state index contributed by atoms with van der Waals surface area (Å²) in [5, 5.41) is 16.4. The minimum Gasteiger partial charge on any atom is -0.490 e. The second-order valence-electron chi connectivity index (χ2n) is 8.06. The number of carbonyl (C=O) groups is 1. The van der Waals surface area contributed by atoms with Crippen LogP contribution in [-0.4, -0.2) is 42.1 Å². The van der Waals surface area contributed by atoms with Gasteiger partial charge in [0.1, 0.15) is 23.1 Å². The van der Waals surface area contributed by atoms with Crippen LogP contribution in [0.5, 0.6) is 5.75 Å². The van der Waals surface area contributed by atoms with Gasteiger partial charge in [-0.15, -0.1) is 0 Å². The first-order valence-electron chi connectivity index (χ1n) is 10.6. The van der Waals surface area contributed by atoms with Gasteiger partial charge in [-0.3, -0.25) is 10.1 Å². The van der Waals surface area contributed by atoms with Gasteiger partial charge in [0.15, 0.2) is 0 Å². The van der Waals surface area contributed by atoms with Crippen molar-refractivity contribution in [1.82, 2.24) is 4.90 Å². The first kappa shape index (κ1) is 22.3. The van der Waals surface area contributed by atoms with Gasteiger partial charge in [-0.2, -0.15) is 0 Å². The number of fused-ring (bicyclic) bond motifs is 1. The van der Waals surface area contributed by atoms with Crippen LogP contribution >= 0.6 is 0 Å². The molecule has 1 aromatic heterocycles. The third-order valence-electron chi connectivity index (χ3n) is 5.64. The molecule has 10 nitrogen and oxygen atoms in total. The first-order valence-corrected chi connectivity index (χ1v) is 10.6. The van der Waals surface area contributed by atoms with Crippen LogP contribution in [0, 0.1) is 17.0 Å². The number of non-ortho nitro benzene ring substituents is 1. The molecule has 0 radical (unpaired) electrons. The lowest BCUT2D eigenvalue weighted by atomic mass is 10.1. The Labute approximate surface area is 189 Å². The molecule has 2 amide bonds. The van der Waals surface area contributed by atoms with E-state index in [1.807, 2.05) is 13.0 Å². The summed E-state index contributed by atoms with van der Waals surface area (Å²) in [7, 11) is 2.09. The third kappa shape index (κ3) is 5.12. The van der Waals surface area contributed by atoms with E-state index >= 15 is 0 Å². The van der Waals surface area contributed by atoms with Gasteiger partial charge in [0.25, 0.3) is 5.69 Å². The fourth-order valence-corrected chi connectivity index (χ4v) is 3.75. The van der Waals surface area contributed by atoms with E-state index in [9.17, 15) is 19.7 Å². The Hall–Kier alpha value is -3.92. The van der Waals surface area contributed by atoms with E-state index in [1.54, 1.807) is 12.1 Å². The lowest BCUT2D eigenvalue weighted by Crippen LogP contribution is -2.35. The third-order valence-corrected chi connectivity index (χ3v) is 5.64. The zero-order valence-corrected chi connectivity index (χ0v) is 18.3. The Balaban J connectivity index is 1.48. The number of piperidine rings is 1. The summed E-state index contributed by atoms with van der Waals surface area (Å²) in [4.78, 5) is 37.3. The number of benzene rings is 2. The molecule has 10 heteroatoms. The summed E-state index contributed by atoms with van der Waals surface area (Å²) >= 11 is 0. The Kier molecular flexibility index (Phi) is 6.27. The molecule has 1 aliphatic rings. The van der Waals surface area contributed by atoms with Crippen molar-refractivity contribution < 1.29 is 18.9 Å². The van der Waals surface area contributed by atoms with Crippen molar-refractivity contribution in [2.24, 2.45) is 0 Å². The Morgan fingerprint density at radius 3 is 2.52 bits per heavy atom. The summed E-state index contributed by atoms with van der Waals surface area (Å²) in [5.41, 5.74) is 0.670. The topological polar surface area (TPSA) is 127 Å². The molecule has 2 heterocycles. The number of nitrogens with one attached hydrogen (secondary N) is 2. The van der Waals surface area contributed by atoms with E-state index in [4.69, 9.17) is 9.15 Å². The fraction of sp³-hybridized carbons (Fsp3) is 0.304. The summed E-state index contributed by atoms with van der Waals surface area (Å²) in [6.45, 7) is 3.79. The molecule has 1 aliphatic heterocycles. The summed E-state index contributed by atoms with van der Waals surface area (Å²) in [6.07, 6.45) is 1.99. The van der Waals surface area contributed by atoms with Crippen molar-refractivity contribution in [1.29, 1.82) is 0 Å². The van der Waals surface area contributed by atoms with Crippen molar-refractivity contribution in [3.63, 3.8) is 0 Å². The number of anilines is 2. The number of nitro groups is 1. The van der Waals surface area contributed by atoms with Gasteiger partial charge in [0.2, 0.25) is 0 Å². The van der Waals surface area contributed by atoms with Crippen LogP contribution in [-0.2, 0) is 0 Å². The van der Waals surface area contributed by atoms with E-state index in [2.05, 4.69) is 22.6 Å². The maximum Gasteiger partial charge on any atom is 0.360 e. The predicted octanol–water partition coefficient (Wildman–Crippen LogP) is 4.13. The standard InChI is InChI=1S/C23H24N4O6/c1-14-20(32-18-9-11-26(2)12-10-18)8-3-15-13-19(22(28)33-21(14)15)25-23(29)24-16-4-6-17(7-5-16)27(30)31/h3-8,13,18H,9-12H2,1-2H3,(H2,24,25,29). The number of carbonyl (C=O) groups excluding carboxylic acids is 1. The van der Waals surface area contributed by atoms with Crippen LogP contribution in [0.4, 0.5) is 21.9 Å². The average molecular weight is 452 g/mol. The highest BCUT2D eigenvalue weighted by Gasteiger charge is 2.20. The number of hydrogen-bond donors (Lipinski definition) is 2. The quantitative estimate of drug-likeness (QED) is 0.338. The molecule has 172 valence electrons. The number of likely N-dealkylation sites (tertiary alicyclic amines) is 1. The molecule has 3 aromatic rings. The molecule has 2 aromatic carbocycles. The Morgan fingerprint density at radius 2 is 1.85 bits per heavy atom. The summed E-state index contributed by atoms with van der Waals surface area (Å²) in [5.74, 6) is 0.678. The maximum atomic E-state index is 12.5. The minimum absolute atomic E-state index is 0.0229. The van der Waals surface area contributed by atoms with Crippen molar-refractivity contribution >= 4 is 34.1 Å². The zero-order chi connectivity index (χ0) is 23.5. The molecule has 4 rings (SSSR count). The molecular formula is C23H24N4O6. The van der Waals surface area contributed by atoms with E-state index in [-0.39, 0.29) is 17.5 Å². The second kappa shape index (κ2) is 9.29. The van der Waals surface area contributed by atoms with Crippen LogP contribution in [0.2, 0.25) is 0 Å². The first-order chi connectivity index (χ1) is 15.8. The average Bonchev–Trinajstić information content (AvgIpc) is 2.78. The van der Waals surface area contributed by atoms with Gasteiger partial charge >= 0.3 is 11.7 Å². The number of rotatable bonds is 5. The zero-order valence-electron chi connectivity index (χ0n) is 18.3. The van der Waals surface area contributed by atoms with Gasteiger partial charge in [0.05, 0.1) is 4.92 Å². The van der Waals surface area contributed by atoms with Crippen LogP contribution in [0.3, 0.4) is 0 Å². The van der Waals surface area contributed by atoms with Gasteiger partial charge < -0.3 is 24.7 Å². The van der Waals surface area contributed by atoms with E-state index < -0.39 is 16.6 Å². The van der Waals surface area contributed by atoms with Crippen molar-refractivity contribution in [2.75, 3.05) is 30.8 Å². The number of hydrogen-bond acceptors (Lipinski definition) is 7. The molecule has 1 saturated heterocycles. The van der Waals surface area contributed by atoms with Gasteiger partial charge in [-0.25, -0.2) is 9.59 Å². The summed E-state index contributed by atoms with van der Waals surface area (Å²) in [6, 6.07) is 9.84. The number of aryl methyl sites for hydroxylation is 1. The summed E-state index contributed by atoms with van der Waals surface area (Å²) < 4.78 is 11.7. The second-order valence-corrected chi connectivity index (χ2v) is 8.06. The molecule has 0 saturated carbocycles. The highest BCUT2D eigenvalue weighted by molar-refractivity contribution is 6.00. The van der Waals surface area contributed by atoms with E-state index in [1.165, 1.54) is 24.3 Å². The lowest BCUT2D eigenvalue weighted by Gasteiger charge is -2.29. The number of nitrogens with zero attached hydrogens (tertiary/aromatic N) is 2. The van der Waals surface area contributed by atoms with Crippen molar-refractivity contribution in [2.45, 2.75) is 25.9 Å². The van der Waals surface area contributed by atoms with Gasteiger partial charge in [0, 0.05) is 41.9 Å². The minimum atomic E-state index is -0.694. The monoisotopic (exact) mass is 452 g/mol.